The van der Waals surface area contributed by atoms with Gasteiger partial charge in [0, 0.05) is 36.2 Å². The lowest BCUT2D eigenvalue weighted by Crippen LogP contribution is -2.43. The molecule has 2 aliphatic heterocycles. The first-order chi connectivity index (χ1) is 17.2. The number of halogens is 1. The van der Waals surface area contributed by atoms with E-state index in [0.717, 1.165) is 21.3 Å². The first kappa shape index (κ1) is 25.3. The molecule has 3 aromatic rings. The highest BCUT2D eigenvalue weighted by atomic mass is 79.9. The summed E-state index contributed by atoms with van der Waals surface area (Å²) in [5.41, 5.74) is 3.55. The molecule has 8 nitrogen and oxygen atoms in total. The summed E-state index contributed by atoms with van der Waals surface area (Å²) in [7, 11) is -3.88. The van der Waals surface area contributed by atoms with Gasteiger partial charge in [-0.1, -0.05) is 24.3 Å². The fourth-order valence-electron chi connectivity index (χ4n) is 4.84. The van der Waals surface area contributed by atoms with Crippen molar-refractivity contribution in [2.24, 2.45) is 5.92 Å². The van der Waals surface area contributed by atoms with Gasteiger partial charge in [0.25, 0.3) is 0 Å². The van der Waals surface area contributed by atoms with Crippen LogP contribution in [0.25, 0.3) is 10.2 Å². The molecule has 36 heavy (non-hydrogen) atoms. The Morgan fingerprint density at radius 1 is 1.22 bits per heavy atom. The molecule has 1 unspecified atom stereocenters. The normalized spacial score (nSPS) is 18.4. The molecule has 0 radical (unpaired) electrons. The minimum absolute atomic E-state index is 0.0286. The van der Waals surface area contributed by atoms with Crippen LogP contribution in [0.3, 0.4) is 0 Å². The van der Waals surface area contributed by atoms with Crippen LogP contribution >= 0.6 is 27.3 Å². The number of benzene rings is 2. The SMILES string of the molecule is CCC(=O)N1CCc2cc(Br)c(S(=O)(=O)N3CCCC(C(=O)Nc4nc5ccc(C)cc5s4)C3)cc21. The average Bonchev–Trinajstić information content (AvgIpc) is 3.45. The van der Waals surface area contributed by atoms with E-state index in [-0.39, 0.29) is 23.3 Å². The first-order valence-corrected chi connectivity index (χ1v) is 15.0. The highest BCUT2D eigenvalue weighted by Crippen LogP contribution is 2.38. The summed E-state index contributed by atoms with van der Waals surface area (Å²) in [5, 5.41) is 3.41. The minimum Gasteiger partial charge on any atom is -0.312 e. The van der Waals surface area contributed by atoms with Gasteiger partial charge in [-0.15, -0.1) is 0 Å². The summed E-state index contributed by atoms with van der Waals surface area (Å²) in [4.78, 5) is 31.7. The lowest BCUT2D eigenvalue weighted by molar-refractivity contribution is -0.121. The number of sulfonamides is 1. The number of carbonyl (C=O) groups excluding carboxylic acids is 2. The molecule has 11 heteroatoms. The number of anilines is 2. The molecule has 0 bridgehead atoms. The molecule has 0 saturated carbocycles. The second-order valence-corrected chi connectivity index (χ2v) is 13.0. The topological polar surface area (TPSA) is 99.7 Å². The van der Waals surface area contributed by atoms with Crippen molar-refractivity contribution in [2.75, 3.05) is 29.9 Å². The van der Waals surface area contributed by atoms with Gasteiger partial charge in [0.05, 0.1) is 21.0 Å². The molecule has 2 aliphatic rings. The van der Waals surface area contributed by atoms with E-state index in [4.69, 9.17) is 0 Å². The standard InChI is InChI=1S/C25H27BrN4O4S2/c1-3-23(31)30-10-8-16-12-18(26)22(13-20(16)30)36(33,34)29-9-4-5-17(14-29)24(32)28-25-27-19-7-6-15(2)11-21(19)35-25/h6-7,11-13,17H,3-5,8-10,14H2,1-2H3,(H,27,28,32). The fraction of sp³-hybridized carbons (Fsp3) is 0.400. The zero-order chi connectivity index (χ0) is 25.6. The van der Waals surface area contributed by atoms with Crippen molar-refractivity contribution in [1.29, 1.82) is 0 Å². The van der Waals surface area contributed by atoms with Gasteiger partial charge in [-0.25, -0.2) is 13.4 Å². The number of aryl methyl sites for hydroxylation is 1. The average molecular weight is 592 g/mol. The molecular weight excluding hydrogens is 564 g/mol. The van der Waals surface area contributed by atoms with Gasteiger partial charge in [0.15, 0.2) is 5.13 Å². The Hall–Kier alpha value is -2.34. The van der Waals surface area contributed by atoms with Crippen LogP contribution in [-0.4, -0.2) is 49.2 Å². The molecule has 1 N–H and O–H groups in total. The number of piperidine rings is 1. The Balaban J connectivity index is 1.35. The number of hydrogen-bond acceptors (Lipinski definition) is 6. The van der Waals surface area contributed by atoms with Gasteiger partial charge in [-0.3, -0.25) is 9.59 Å². The summed E-state index contributed by atoms with van der Waals surface area (Å²) in [5.74, 6) is -0.730. The van der Waals surface area contributed by atoms with E-state index >= 15 is 0 Å². The number of nitrogens with zero attached hydrogens (tertiary/aromatic N) is 3. The van der Waals surface area contributed by atoms with Crippen LogP contribution in [0.1, 0.15) is 37.3 Å². The second-order valence-electron chi connectivity index (χ2n) is 9.24. The minimum atomic E-state index is -3.88. The number of thiazole rings is 1. The van der Waals surface area contributed by atoms with Crippen LogP contribution in [0.2, 0.25) is 0 Å². The number of aromatic nitrogens is 1. The predicted octanol–water partition coefficient (Wildman–Crippen LogP) is 4.71. The zero-order valence-electron chi connectivity index (χ0n) is 20.1. The number of carbonyl (C=O) groups is 2. The zero-order valence-corrected chi connectivity index (χ0v) is 23.3. The smallest absolute Gasteiger partial charge is 0.244 e. The van der Waals surface area contributed by atoms with E-state index in [1.165, 1.54) is 15.6 Å². The summed E-state index contributed by atoms with van der Waals surface area (Å²) in [6, 6.07) is 9.33. The Labute approximate surface area is 222 Å². The number of nitrogens with one attached hydrogen (secondary N) is 1. The number of rotatable bonds is 5. The number of fused-ring (bicyclic) bond motifs is 2. The van der Waals surface area contributed by atoms with Crippen LogP contribution < -0.4 is 10.2 Å². The van der Waals surface area contributed by atoms with Gasteiger partial charge in [0.2, 0.25) is 21.8 Å². The van der Waals surface area contributed by atoms with Crippen molar-refractivity contribution in [3.05, 3.63) is 45.9 Å². The molecule has 3 heterocycles. The van der Waals surface area contributed by atoms with Crippen molar-refractivity contribution in [3.63, 3.8) is 0 Å². The van der Waals surface area contributed by atoms with Crippen LogP contribution in [0.5, 0.6) is 0 Å². The van der Waals surface area contributed by atoms with E-state index in [9.17, 15) is 18.0 Å². The molecule has 1 fully saturated rings. The van der Waals surface area contributed by atoms with Crippen LogP contribution in [0, 0.1) is 12.8 Å². The third kappa shape index (κ3) is 4.69. The lowest BCUT2D eigenvalue weighted by atomic mass is 9.99. The van der Waals surface area contributed by atoms with Crippen molar-refractivity contribution in [2.45, 2.75) is 44.4 Å². The van der Waals surface area contributed by atoms with Gasteiger partial charge >= 0.3 is 0 Å². The molecule has 5 rings (SSSR count). The summed E-state index contributed by atoms with van der Waals surface area (Å²) in [6.07, 6.45) is 2.23. The van der Waals surface area contributed by atoms with Gasteiger partial charge in [0.1, 0.15) is 0 Å². The first-order valence-electron chi connectivity index (χ1n) is 12.0. The third-order valence-electron chi connectivity index (χ3n) is 6.78. The Kier molecular flexibility index (Phi) is 6.92. The fourth-order valence-corrected chi connectivity index (χ4v) is 8.40. The van der Waals surface area contributed by atoms with E-state index in [1.807, 2.05) is 25.1 Å². The third-order valence-corrected chi connectivity index (χ3v) is 10.5. The summed E-state index contributed by atoms with van der Waals surface area (Å²) >= 11 is 4.85. The largest absolute Gasteiger partial charge is 0.312 e. The van der Waals surface area contributed by atoms with Crippen molar-refractivity contribution in [3.8, 4) is 0 Å². The van der Waals surface area contributed by atoms with Crippen molar-refractivity contribution in [1.82, 2.24) is 9.29 Å². The summed E-state index contributed by atoms with van der Waals surface area (Å²) in [6.45, 7) is 4.79. The quantitative estimate of drug-likeness (QED) is 0.464. The molecule has 2 amide bonds. The highest BCUT2D eigenvalue weighted by molar-refractivity contribution is 9.10. The van der Waals surface area contributed by atoms with Gasteiger partial charge in [-0.2, -0.15) is 4.31 Å². The summed E-state index contributed by atoms with van der Waals surface area (Å²) < 4.78 is 30.2. The molecule has 0 aliphatic carbocycles. The maximum atomic E-state index is 13.7. The van der Waals surface area contributed by atoms with Crippen LogP contribution in [-0.2, 0) is 26.0 Å². The van der Waals surface area contributed by atoms with E-state index in [0.29, 0.717) is 54.1 Å². The lowest BCUT2D eigenvalue weighted by Gasteiger charge is -2.31. The molecule has 190 valence electrons. The predicted molar refractivity (Wildman–Crippen MR) is 145 cm³/mol. The van der Waals surface area contributed by atoms with E-state index < -0.39 is 15.9 Å². The van der Waals surface area contributed by atoms with E-state index in [2.05, 4.69) is 26.2 Å². The second kappa shape index (κ2) is 9.85. The number of hydrogen-bond donors (Lipinski definition) is 1. The molecular formula is C25H27BrN4O4S2. The molecule has 1 atom stereocenters. The van der Waals surface area contributed by atoms with Gasteiger partial charge < -0.3 is 10.2 Å². The van der Waals surface area contributed by atoms with Gasteiger partial charge in [-0.05, 0) is 77.5 Å². The van der Waals surface area contributed by atoms with Crippen molar-refractivity contribution < 1.29 is 18.0 Å². The maximum absolute atomic E-state index is 13.7. The van der Waals surface area contributed by atoms with Crippen molar-refractivity contribution >= 4 is 70.1 Å². The Morgan fingerprint density at radius 2 is 2.03 bits per heavy atom. The van der Waals surface area contributed by atoms with Crippen LogP contribution in [0.4, 0.5) is 10.8 Å². The maximum Gasteiger partial charge on any atom is 0.244 e. The molecule has 1 aromatic heterocycles. The number of amides is 2. The monoisotopic (exact) mass is 590 g/mol. The van der Waals surface area contributed by atoms with Crippen LogP contribution in [0.15, 0.2) is 39.7 Å². The molecule has 2 aromatic carbocycles. The molecule has 0 spiro atoms. The Bertz CT molecular complexity index is 1470. The Morgan fingerprint density at radius 3 is 2.81 bits per heavy atom. The molecule has 1 saturated heterocycles. The highest BCUT2D eigenvalue weighted by Gasteiger charge is 2.36. The van der Waals surface area contributed by atoms with E-state index in [1.54, 1.807) is 24.0 Å².